The van der Waals surface area contributed by atoms with Crippen LogP contribution in [0.15, 0.2) is 41.3 Å². The number of aryl methyl sites for hydroxylation is 2. The number of fused-ring (bicyclic) bond motifs is 1. The maximum atomic E-state index is 11.2. The van der Waals surface area contributed by atoms with Gasteiger partial charge in [-0.15, -0.1) is 0 Å². The van der Waals surface area contributed by atoms with Crippen molar-refractivity contribution in [2.45, 2.75) is 63.4 Å². The number of benzene rings is 1. The van der Waals surface area contributed by atoms with Crippen LogP contribution in [0.4, 0.5) is 0 Å². The molecule has 0 bridgehead atoms. The predicted octanol–water partition coefficient (Wildman–Crippen LogP) is 3.41. The molecule has 0 atom stereocenters. The standard InChI is InChI=1S/C23H28N2O3/c26-22-9-7-18(15-24-22)5-4-17-6-8-21-19(14-17)16-27-23(28-21)10-12-25(13-11-23)20-2-1-3-20/h6-9,14-15,20H,1-5,10-13,16H2,(H,24,26). The molecule has 3 aliphatic rings. The van der Waals surface area contributed by atoms with Gasteiger partial charge in [0, 0.05) is 49.8 Å². The van der Waals surface area contributed by atoms with Crippen LogP contribution in [0.1, 0.15) is 48.8 Å². The topological polar surface area (TPSA) is 54.6 Å². The quantitative estimate of drug-likeness (QED) is 0.883. The van der Waals surface area contributed by atoms with Gasteiger partial charge in [0.05, 0.1) is 6.61 Å². The van der Waals surface area contributed by atoms with Crippen LogP contribution in [-0.2, 0) is 24.2 Å². The zero-order chi connectivity index (χ0) is 19.0. The zero-order valence-corrected chi connectivity index (χ0v) is 16.3. The number of rotatable bonds is 4. The summed E-state index contributed by atoms with van der Waals surface area (Å²) in [6.07, 6.45) is 9.65. The number of hydrogen-bond donors (Lipinski definition) is 1. The Labute approximate surface area is 165 Å². The highest BCUT2D eigenvalue weighted by Crippen LogP contribution is 2.39. The monoisotopic (exact) mass is 380 g/mol. The van der Waals surface area contributed by atoms with Gasteiger partial charge in [-0.05, 0) is 48.9 Å². The van der Waals surface area contributed by atoms with E-state index in [-0.39, 0.29) is 5.56 Å². The molecule has 0 unspecified atom stereocenters. The van der Waals surface area contributed by atoms with Crippen molar-refractivity contribution in [3.8, 4) is 5.75 Å². The average molecular weight is 380 g/mol. The van der Waals surface area contributed by atoms with E-state index >= 15 is 0 Å². The molecular weight excluding hydrogens is 352 g/mol. The van der Waals surface area contributed by atoms with Crippen molar-refractivity contribution in [3.63, 3.8) is 0 Å². The van der Waals surface area contributed by atoms with E-state index in [2.05, 4.69) is 28.1 Å². The highest BCUT2D eigenvalue weighted by Gasteiger charge is 2.42. The van der Waals surface area contributed by atoms with E-state index < -0.39 is 5.79 Å². The minimum atomic E-state index is -0.426. The first-order chi connectivity index (χ1) is 13.7. The molecule has 28 heavy (non-hydrogen) atoms. The van der Waals surface area contributed by atoms with Crippen LogP contribution in [0.2, 0.25) is 0 Å². The summed E-state index contributed by atoms with van der Waals surface area (Å²) >= 11 is 0. The molecule has 1 saturated carbocycles. The number of hydrogen-bond acceptors (Lipinski definition) is 4. The summed E-state index contributed by atoms with van der Waals surface area (Å²) < 4.78 is 12.6. The first-order valence-electron chi connectivity index (χ1n) is 10.6. The first-order valence-corrected chi connectivity index (χ1v) is 10.6. The van der Waals surface area contributed by atoms with Gasteiger partial charge < -0.3 is 14.5 Å². The summed E-state index contributed by atoms with van der Waals surface area (Å²) in [5.41, 5.74) is 3.50. The van der Waals surface area contributed by atoms with E-state index in [4.69, 9.17) is 9.47 Å². The molecule has 1 aromatic carbocycles. The van der Waals surface area contributed by atoms with Crippen LogP contribution in [0.3, 0.4) is 0 Å². The number of pyridine rings is 1. The fourth-order valence-corrected chi connectivity index (χ4v) is 4.55. The van der Waals surface area contributed by atoms with Crippen LogP contribution < -0.4 is 10.3 Å². The fraction of sp³-hybridized carbons (Fsp3) is 0.522. The van der Waals surface area contributed by atoms with Gasteiger partial charge in [-0.2, -0.15) is 0 Å². The van der Waals surface area contributed by atoms with Crippen LogP contribution in [-0.4, -0.2) is 34.8 Å². The second-order valence-corrected chi connectivity index (χ2v) is 8.43. The molecule has 5 nitrogen and oxygen atoms in total. The highest BCUT2D eigenvalue weighted by molar-refractivity contribution is 5.38. The summed E-state index contributed by atoms with van der Waals surface area (Å²) in [4.78, 5) is 16.5. The molecule has 1 N–H and O–H groups in total. The minimum Gasteiger partial charge on any atom is -0.462 e. The molecule has 3 heterocycles. The summed E-state index contributed by atoms with van der Waals surface area (Å²) in [5.74, 6) is 0.557. The van der Waals surface area contributed by atoms with Crippen LogP contribution in [0.25, 0.3) is 0 Å². The lowest BCUT2D eigenvalue weighted by molar-refractivity contribution is -0.231. The van der Waals surface area contributed by atoms with E-state index in [9.17, 15) is 4.79 Å². The molecule has 5 heteroatoms. The number of H-pyrrole nitrogens is 1. The molecule has 148 valence electrons. The molecule has 2 aliphatic heterocycles. The van der Waals surface area contributed by atoms with Crippen molar-refractivity contribution >= 4 is 0 Å². The van der Waals surface area contributed by atoms with Gasteiger partial charge in [0.1, 0.15) is 5.75 Å². The smallest absolute Gasteiger partial charge is 0.247 e. The minimum absolute atomic E-state index is 0.0562. The number of aromatic nitrogens is 1. The summed E-state index contributed by atoms with van der Waals surface area (Å²) in [6.45, 7) is 2.79. The Hall–Kier alpha value is -2.11. The van der Waals surface area contributed by atoms with Gasteiger partial charge >= 0.3 is 0 Å². The molecule has 2 fully saturated rings. The average Bonchev–Trinajstić information content (AvgIpc) is 2.68. The number of likely N-dealkylation sites (tertiary alicyclic amines) is 1. The molecule has 1 aromatic heterocycles. The third-order valence-corrected chi connectivity index (χ3v) is 6.61. The second kappa shape index (κ2) is 7.37. The van der Waals surface area contributed by atoms with Gasteiger partial charge in [-0.1, -0.05) is 18.6 Å². The molecule has 2 aromatic rings. The highest BCUT2D eigenvalue weighted by atomic mass is 16.7. The van der Waals surface area contributed by atoms with Gasteiger partial charge in [-0.3, -0.25) is 9.69 Å². The zero-order valence-electron chi connectivity index (χ0n) is 16.3. The number of ether oxygens (including phenoxy) is 2. The van der Waals surface area contributed by atoms with Crippen molar-refractivity contribution in [1.82, 2.24) is 9.88 Å². The first kappa shape index (κ1) is 18.0. The SMILES string of the molecule is O=c1ccc(CCc2ccc3c(c2)COC2(CCN(C4CCC4)CC2)O3)c[nH]1. The van der Waals surface area contributed by atoms with Crippen molar-refractivity contribution in [2.75, 3.05) is 13.1 Å². The number of nitrogens with one attached hydrogen (secondary N) is 1. The van der Waals surface area contributed by atoms with E-state index in [0.717, 1.165) is 61.7 Å². The van der Waals surface area contributed by atoms with Crippen LogP contribution in [0, 0.1) is 0 Å². The van der Waals surface area contributed by atoms with Crippen LogP contribution >= 0.6 is 0 Å². The van der Waals surface area contributed by atoms with Crippen LogP contribution in [0.5, 0.6) is 5.75 Å². The van der Waals surface area contributed by atoms with Crippen molar-refractivity contribution in [2.24, 2.45) is 0 Å². The molecule has 1 aliphatic carbocycles. The number of aromatic amines is 1. The van der Waals surface area contributed by atoms with Gasteiger partial charge in [0.25, 0.3) is 0 Å². The van der Waals surface area contributed by atoms with Crippen molar-refractivity contribution < 1.29 is 9.47 Å². The lowest BCUT2D eigenvalue weighted by atomic mass is 9.89. The largest absolute Gasteiger partial charge is 0.462 e. The van der Waals surface area contributed by atoms with E-state index in [0.29, 0.717) is 6.61 Å². The lowest BCUT2D eigenvalue weighted by Crippen LogP contribution is -2.54. The third kappa shape index (κ3) is 3.61. The van der Waals surface area contributed by atoms with Crippen molar-refractivity contribution in [1.29, 1.82) is 0 Å². The number of piperidine rings is 1. The Morgan fingerprint density at radius 3 is 2.57 bits per heavy atom. The molecule has 1 saturated heterocycles. The van der Waals surface area contributed by atoms with Gasteiger partial charge in [-0.25, -0.2) is 0 Å². The molecule has 0 radical (unpaired) electrons. The fourth-order valence-electron chi connectivity index (χ4n) is 4.55. The molecule has 1 spiro atoms. The molecule has 5 rings (SSSR count). The Kier molecular flexibility index (Phi) is 4.73. The Morgan fingerprint density at radius 1 is 1.07 bits per heavy atom. The maximum Gasteiger partial charge on any atom is 0.247 e. The van der Waals surface area contributed by atoms with Gasteiger partial charge in [0.2, 0.25) is 11.3 Å². The second-order valence-electron chi connectivity index (χ2n) is 8.43. The van der Waals surface area contributed by atoms with E-state index in [1.165, 1.54) is 24.8 Å². The lowest BCUT2D eigenvalue weighted by Gasteiger charge is -2.47. The summed E-state index contributed by atoms with van der Waals surface area (Å²) in [6, 6.07) is 10.8. The normalized spacial score (nSPS) is 21.7. The Morgan fingerprint density at radius 2 is 1.86 bits per heavy atom. The summed E-state index contributed by atoms with van der Waals surface area (Å²) in [7, 11) is 0. The third-order valence-electron chi connectivity index (χ3n) is 6.61. The molecule has 0 amide bonds. The number of nitrogens with zero attached hydrogens (tertiary/aromatic N) is 1. The Bertz CT molecular complexity index is 874. The molecular formula is C23H28N2O3. The van der Waals surface area contributed by atoms with E-state index in [1.807, 2.05) is 6.07 Å². The predicted molar refractivity (Wildman–Crippen MR) is 108 cm³/mol. The Balaban J connectivity index is 1.21. The van der Waals surface area contributed by atoms with E-state index in [1.54, 1.807) is 12.3 Å². The van der Waals surface area contributed by atoms with Gasteiger partial charge in [0.15, 0.2) is 0 Å². The maximum absolute atomic E-state index is 11.2. The summed E-state index contributed by atoms with van der Waals surface area (Å²) in [5, 5.41) is 0. The van der Waals surface area contributed by atoms with Crippen molar-refractivity contribution in [3.05, 3.63) is 63.6 Å².